The van der Waals surface area contributed by atoms with E-state index in [9.17, 15) is 13.8 Å². The van der Waals surface area contributed by atoms with Gasteiger partial charge in [-0.3, -0.25) is 4.79 Å². The van der Waals surface area contributed by atoms with Gasteiger partial charge in [0.1, 0.15) is 17.9 Å². The average Bonchev–Trinajstić information content (AvgIpc) is 2.72. The van der Waals surface area contributed by atoms with E-state index in [1.165, 1.54) is 26.3 Å². The molecule has 8 nitrogen and oxygen atoms in total. The highest BCUT2D eigenvalue weighted by Crippen LogP contribution is 2.39. The predicted molar refractivity (Wildman–Crippen MR) is 126 cm³/mol. The Morgan fingerprint density at radius 3 is 2.50 bits per heavy atom. The Morgan fingerprint density at radius 2 is 1.84 bits per heavy atom. The molecule has 0 aliphatic heterocycles. The lowest BCUT2D eigenvalue weighted by Gasteiger charge is -2.16. The number of benzene rings is 2. The number of hydrogen-bond acceptors (Lipinski definition) is 7. The number of hydrogen-bond donors (Lipinski definition) is 3. The number of amides is 1. The van der Waals surface area contributed by atoms with Gasteiger partial charge < -0.3 is 25.3 Å². The molecule has 0 radical (unpaired) electrons. The number of rotatable bonds is 7. The van der Waals surface area contributed by atoms with Gasteiger partial charge in [-0.25, -0.2) is 9.37 Å². The SMILES string of the molecule is COc1cc(F)c(NC(C)=O)cc1Nc1ncc(Cl)c(Nc2ccccc2P(C)(C)=O)n1. The van der Waals surface area contributed by atoms with Crippen LogP contribution < -0.4 is 26.0 Å². The first-order valence-electron chi connectivity index (χ1n) is 9.44. The molecule has 0 fully saturated rings. The molecule has 2 aromatic carbocycles. The highest BCUT2D eigenvalue weighted by atomic mass is 35.5. The number of carbonyl (C=O) groups is 1. The number of aromatic nitrogens is 2. The quantitative estimate of drug-likeness (QED) is 0.412. The van der Waals surface area contributed by atoms with Crippen molar-refractivity contribution in [1.82, 2.24) is 9.97 Å². The monoisotopic (exact) mass is 477 g/mol. The van der Waals surface area contributed by atoms with Crippen molar-refractivity contribution in [2.75, 3.05) is 36.4 Å². The zero-order valence-corrected chi connectivity index (χ0v) is 19.5. The summed E-state index contributed by atoms with van der Waals surface area (Å²) in [6.45, 7) is 4.63. The molecule has 168 valence electrons. The van der Waals surface area contributed by atoms with E-state index in [0.717, 1.165) is 6.07 Å². The van der Waals surface area contributed by atoms with Crippen molar-refractivity contribution < 1.29 is 18.5 Å². The molecule has 0 unspecified atom stereocenters. The van der Waals surface area contributed by atoms with Gasteiger partial charge in [-0.1, -0.05) is 23.7 Å². The molecule has 0 saturated carbocycles. The Bertz CT molecular complexity index is 1220. The lowest BCUT2D eigenvalue weighted by molar-refractivity contribution is -0.114. The number of halogens is 2. The van der Waals surface area contributed by atoms with E-state index < -0.39 is 18.9 Å². The Labute approximate surface area is 189 Å². The van der Waals surface area contributed by atoms with Gasteiger partial charge in [0.25, 0.3) is 0 Å². The summed E-state index contributed by atoms with van der Waals surface area (Å²) < 4.78 is 32.1. The molecular formula is C21H22ClFN5O3P. The summed E-state index contributed by atoms with van der Waals surface area (Å²) in [5, 5.41) is 9.37. The van der Waals surface area contributed by atoms with Crippen LogP contribution in [0.3, 0.4) is 0 Å². The van der Waals surface area contributed by atoms with E-state index in [2.05, 4.69) is 25.9 Å². The Balaban J connectivity index is 1.96. The summed E-state index contributed by atoms with van der Waals surface area (Å²) in [5.41, 5.74) is 0.918. The van der Waals surface area contributed by atoms with Crippen LogP contribution in [-0.4, -0.2) is 36.3 Å². The summed E-state index contributed by atoms with van der Waals surface area (Å²) in [5.74, 6) is -0.454. The average molecular weight is 478 g/mol. The van der Waals surface area contributed by atoms with E-state index in [1.54, 1.807) is 25.5 Å². The number of methoxy groups -OCH3 is 1. The molecule has 1 aromatic heterocycles. The fourth-order valence-electron chi connectivity index (χ4n) is 2.92. The number of nitrogens with zero attached hydrogens (tertiary/aromatic N) is 2. The van der Waals surface area contributed by atoms with Gasteiger partial charge in [0, 0.05) is 18.3 Å². The molecule has 1 amide bonds. The van der Waals surface area contributed by atoms with E-state index in [1.807, 2.05) is 12.1 Å². The third kappa shape index (κ3) is 5.55. The minimum atomic E-state index is -2.56. The third-order valence-corrected chi connectivity index (χ3v) is 6.15. The molecule has 0 aliphatic carbocycles. The first-order valence-corrected chi connectivity index (χ1v) is 12.4. The van der Waals surface area contributed by atoms with Gasteiger partial charge >= 0.3 is 0 Å². The van der Waals surface area contributed by atoms with Crippen molar-refractivity contribution in [2.45, 2.75) is 6.92 Å². The topological polar surface area (TPSA) is 105 Å². The Kier molecular flexibility index (Phi) is 7.01. The van der Waals surface area contributed by atoms with Crippen molar-refractivity contribution in [3.8, 4) is 5.75 Å². The van der Waals surface area contributed by atoms with Crippen LogP contribution >= 0.6 is 18.7 Å². The van der Waals surface area contributed by atoms with Crippen LogP contribution in [0.25, 0.3) is 0 Å². The van der Waals surface area contributed by atoms with Crippen molar-refractivity contribution in [1.29, 1.82) is 0 Å². The molecule has 0 atom stereocenters. The largest absolute Gasteiger partial charge is 0.494 e. The first-order chi connectivity index (χ1) is 15.1. The van der Waals surface area contributed by atoms with Gasteiger partial charge in [0.2, 0.25) is 11.9 Å². The fraction of sp³-hybridized carbons (Fsp3) is 0.190. The van der Waals surface area contributed by atoms with E-state index in [0.29, 0.717) is 16.7 Å². The van der Waals surface area contributed by atoms with Crippen LogP contribution in [0.1, 0.15) is 6.92 Å². The van der Waals surface area contributed by atoms with Gasteiger partial charge in [-0.05, 0) is 31.5 Å². The minimum Gasteiger partial charge on any atom is -0.494 e. The third-order valence-electron chi connectivity index (χ3n) is 4.33. The molecule has 0 spiro atoms. The van der Waals surface area contributed by atoms with Gasteiger partial charge in [0.05, 0.1) is 30.4 Å². The maximum Gasteiger partial charge on any atom is 0.229 e. The van der Waals surface area contributed by atoms with Gasteiger partial charge in [-0.15, -0.1) is 0 Å². The Morgan fingerprint density at radius 1 is 1.12 bits per heavy atom. The summed E-state index contributed by atoms with van der Waals surface area (Å²) in [6, 6.07) is 9.69. The highest BCUT2D eigenvalue weighted by molar-refractivity contribution is 7.70. The normalized spacial score (nSPS) is 11.1. The van der Waals surface area contributed by atoms with Crippen LogP contribution in [0.4, 0.5) is 33.2 Å². The maximum atomic E-state index is 14.2. The van der Waals surface area contributed by atoms with Crippen molar-refractivity contribution in [2.24, 2.45) is 0 Å². The zero-order valence-electron chi connectivity index (χ0n) is 17.9. The van der Waals surface area contributed by atoms with E-state index >= 15 is 0 Å². The van der Waals surface area contributed by atoms with Crippen LogP contribution in [0, 0.1) is 5.82 Å². The van der Waals surface area contributed by atoms with Crippen LogP contribution in [0.2, 0.25) is 5.02 Å². The maximum absolute atomic E-state index is 14.2. The van der Waals surface area contributed by atoms with Crippen molar-refractivity contribution in [3.63, 3.8) is 0 Å². The highest BCUT2D eigenvalue weighted by Gasteiger charge is 2.18. The van der Waals surface area contributed by atoms with Gasteiger partial charge in [-0.2, -0.15) is 4.98 Å². The molecule has 11 heteroatoms. The van der Waals surface area contributed by atoms with Crippen LogP contribution in [0.15, 0.2) is 42.6 Å². The van der Waals surface area contributed by atoms with Gasteiger partial charge in [0.15, 0.2) is 11.6 Å². The molecule has 32 heavy (non-hydrogen) atoms. The standard InChI is InChI=1S/C21H22ClFN5O3P/c1-12(29)25-16-10-17(18(31-2)9-14(16)23)27-21-24-11-13(22)20(28-21)26-15-7-5-6-8-19(15)32(3,4)30/h5-11H,1-4H3,(H,25,29)(H2,24,26,27,28). The second-order valence-electron chi connectivity index (χ2n) is 7.22. The smallest absolute Gasteiger partial charge is 0.229 e. The lowest BCUT2D eigenvalue weighted by atomic mass is 10.2. The van der Waals surface area contributed by atoms with Crippen molar-refractivity contribution in [3.05, 3.63) is 53.4 Å². The first kappa shape index (κ1) is 23.5. The number of para-hydroxylation sites is 1. The molecule has 0 aliphatic rings. The lowest BCUT2D eigenvalue weighted by Crippen LogP contribution is -2.11. The number of anilines is 5. The summed E-state index contributed by atoms with van der Waals surface area (Å²) in [6.07, 6.45) is 1.39. The number of nitrogens with one attached hydrogen (secondary N) is 3. The van der Waals surface area contributed by atoms with E-state index in [-0.39, 0.29) is 28.2 Å². The summed E-state index contributed by atoms with van der Waals surface area (Å²) in [4.78, 5) is 19.9. The van der Waals surface area contributed by atoms with Crippen molar-refractivity contribution >= 4 is 58.8 Å². The molecule has 3 aromatic rings. The number of ether oxygens (including phenoxy) is 1. The molecular weight excluding hydrogens is 456 g/mol. The predicted octanol–water partition coefficient (Wildman–Crippen LogP) is 4.97. The second kappa shape index (κ2) is 9.54. The molecule has 0 saturated heterocycles. The molecule has 0 bridgehead atoms. The van der Waals surface area contributed by atoms with E-state index in [4.69, 9.17) is 16.3 Å². The summed E-state index contributed by atoms with van der Waals surface area (Å²) >= 11 is 6.27. The van der Waals surface area contributed by atoms with Crippen LogP contribution in [0.5, 0.6) is 5.75 Å². The summed E-state index contributed by atoms with van der Waals surface area (Å²) in [7, 11) is -1.17. The zero-order chi connectivity index (χ0) is 23.5. The van der Waals surface area contributed by atoms with Crippen LogP contribution in [-0.2, 0) is 9.36 Å². The molecule has 3 rings (SSSR count). The second-order valence-corrected chi connectivity index (χ2v) is 10.8. The number of carbonyl (C=O) groups excluding carboxylic acids is 1. The fourth-order valence-corrected chi connectivity index (χ4v) is 4.21. The molecule has 3 N–H and O–H groups in total. The Hall–Kier alpha value is -3.16. The molecule has 1 heterocycles. The minimum absolute atomic E-state index is 0.0244.